The number of likely N-dealkylation sites (tertiary alicyclic amines) is 1. The summed E-state index contributed by atoms with van der Waals surface area (Å²) in [4.78, 5) is 30.4. The molecular weight excluding hydrogens is 524 g/mol. The van der Waals surface area contributed by atoms with Crippen molar-refractivity contribution in [1.29, 1.82) is 0 Å². The van der Waals surface area contributed by atoms with Crippen molar-refractivity contribution in [2.24, 2.45) is 4.99 Å². The van der Waals surface area contributed by atoms with E-state index >= 15 is 0 Å². The normalized spacial score (nSPS) is 15.2. The number of nitrogens with one attached hydrogen (secondary N) is 2. The minimum absolute atomic E-state index is 0.0456. The first-order chi connectivity index (χ1) is 20.5. The van der Waals surface area contributed by atoms with Crippen molar-refractivity contribution in [3.05, 3.63) is 77.4 Å². The van der Waals surface area contributed by atoms with Gasteiger partial charge in [-0.3, -0.25) is 9.79 Å². The van der Waals surface area contributed by atoms with E-state index in [4.69, 9.17) is 14.7 Å². The van der Waals surface area contributed by atoms with Crippen LogP contribution in [0.3, 0.4) is 0 Å². The van der Waals surface area contributed by atoms with Gasteiger partial charge in [0.05, 0.1) is 29.0 Å². The maximum atomic E-state index is 12.8. The first kappa shape index (κ1) is 28.1. The van der Waals surface area contributed by atoms with Gasteiger partial charge in [-0.25, -0.2) is 4.98 Å². The van der Waals surface area contributed by atoms with Gasteiger partial charge < -0.3 is 24.8 Å². The molecule has 1 amide bonds. The molecule has 0 aliphatic carbocycles. The molecule has 218 valence electrons. The number of fused-ring (bicyclic) bond motifs is 2. The number of carbonyl (C=O) groups is 1. The number of H-pyrrole nitrogens is 1. The Balaban J connectivity index is 1.06. The number of rotatable bonds is 11. The highest BCUT2D eigenvalue weighted by atomic mass is 16.5. The van der Waals surface area contributed by atoms with Gasteiger partial charge in [0.15, 0.2) is 0 Å². The predicted octanol–water partition coefficient (Wildman–Crippen LogP) is 5.45. The van der Waals surface area contributed by atoms with Crippen molar-refractivity contribution < 1.29 is 9.53 Å². The summed E-state index contributed by atoms with van der Waals surface area (Å²) in [6.07, 6.45) is 5.62. The van der Waals surface area contributed by atoms with Gasteiger partial charge in [0.25, 0.3) is 5.91 Å². The molecule has 1 fully saturated rings. The Labute approximate surface area is 247 Å². The SMILES string of the molecule is CN(C)CCCOc1ccc2c(c1)CC(c1ccc(-c3nc4ccc(C(=O)NCCN5CCCCC5)cc4[nH]3)cc1)=N2. The van der Waals surface area contributed by atoms with E-state index in [9.17, 15) is 4.79 Å². The molecule has 2 N–H and O–H groups in total. The molecule has 1 saturated heterocycles. The summed E-state index contributed by atoms with van der Waals surface area (Å²) >= 11 is 0. The highest BCUT2D eigenvalue weighted by Gasteiger charge is 2.18. The molecule has 0 unspecified atom stereocenters. The second kappa shape index (κ2) is 12.9. The van der Waals surface area contributed by atoms with Gasteiger partial charge >= 0.3 is 0 Å². The zero-order valence-corrected chi connectivity index (χ0v) is 24.7. The van der Waals surface area contributed by atoms with E-state index in [2.05, 4.69) is 70.6 Å². The lowest BCUT2D eigenvalue weighted by Gasteiger charge is -2.26. The van der Waals surface area contributed by atoms with Crippen LogP contribution < -0.4 is 10.1 Å². The van der Waals surface area contributed by atoms with E-state index in [1.807, 2.05) is 24.3 Å². The average molecular weight is 565 g/mol. The molecule has 0 spiro atoms. The summed E-state index contributed by atoms with van der Waals surface area (Å²) < 4.78 is 5.96. The fourth-order valence-corrected chi connectivity index (χ4v) is 5.73. The minimum atomic E-state index is -0.0456. The third kappa shape index (κ3) is 6.72. The molecule has 8 heteroatoms. The average Bonchev–Trinajstić information content (AvgIpc) is 3.64. The Hall–Kier alpha value is -4.01. The number of ether oxygens (including phenoxy) is 1. The summed E-state index contributed by atoms with van der Waals surface area (Å²) in [5.41, 5.74) is 7.70. The second-order valence-corrected chi connectivity index (χ2v) is 11.6. The molecule has 2 aliphatic rings. The summed E-state index contributed by atoms with van der Waals surface area (Å²) in [5.74, 6) is 1.64. The summed E-state index contributed by atoms with van der Waals surface area (Å²) in [6, 6.07) is 20.2. The second-order valence-electron chi connectivity index (χ2n) is 11.6. The van der Waals surface area contributed by atoms with Gasteiger partial charge in [0.2, 0.25) is 0 Å². The smallest absolute Gasteiger partial charge is 0.251 e. The van der Waals surface area contributed by atoms with Gasteiger partial charge in [0, 0.05) is 37.2 Å². The van der Waals surface area contributed by atoms with Gasteiger partial charge in [-0.05, 0) is 94.0 Å². The number of aromatic nitrogens is 2. The Bertz CT molecular complexity index is 1570. The van der Waals surface area contributed by atoms with Gasteiger partial charge in [-0.1, -0.05) is 30.7 Å². The number of benzene rings is 3. The fourth-order valence-electron chi connectivity index (χ4n) is 5.73. The van der Waals surface area contributed by atoms with Gasteiger partial charge in [-0.15, -0.1) is 0 Å². The van der Waals surface area contributed by atoms with Crippen LogP contribution in [-0.4, -0.2) is 84.8 Å². The van der Waals surface area contributed by atoms with Crippen molar-refractivity contribution in [3.8, 4) is 17.1 Å². The Morgan fingerprint density at radius 2 is 1.81 bits per heavy atom. The van der Waals surface area contributed by atoms with Crippen molar-refractivity contribution in [2.75, 3.05) is 53.4 Å². The van der Waals surface area contributed by atoms with E-state index in [-0.39, 0.29) is 5.91 Å². The molecule has 6 rings (SSSR count). The third-order valence-electron chi connectivity index (χ3n) is 8.08. The Kier molecular flexibility index (Phi) is 8.63. The lowest BCUT2D eigenvalue weighted by molar-refractivity contribution is 0.0946. The quantitative estimate of drug-likeness (QED) is 0.237. The first-order valence-electron chi connectivity index (χ1n) is 15.1. The number of aliphatic imine (C=N–C) groups is 1. The van der Waals surface area contributed by atoms with E-state index < -0.39 is 0 Å². The highest BCUT2D eigenvalue weighted by Crippen LogP contribution is 2.32. The van der Waals surface area contributed by atoms with Crippen molar-refractivity contribution >= 4 is 28.3 Å². The molecule has 2 aliphatic heterocycles. The zero-order valence-electron chi connectivity index (χ0n) is 24.7. The maximum Gasteiger partial charge on any atom is 0.251 e. The minimum Gasteiger partial charge on any atom is -0.494 e. The van der Waals surface area contributed by atoms with E-state index in [0.717, 1.165) is 84.2 Å². The monoisotopic (exact) mass is 564 g/mol. The Morgan fingerprint density at radius 1 is 1.00 bits per heavy atom. The Morgan fingerprint density at radius 3 is 2.62 bits per heavy atom. The molecule has 0 radical (unpaired) electrons. The largest absolute Gasteiger partial charge is 0.494 e. The molecule has 0 bridgehead atoms. The number of nitrogens with zero attached hydrogens (tertiary/aromatic N) is 4. The van der Waals surface area contributed by atoms with Crippen molar-refractivity contribution in [2.45, 2.75) is 32.1 Å². The van der Waals surface area contributed by atoms with Gasteiger partial charge in [0.1, 0.15) is 11.6 Å². The highest BCUT2D eigenvalue weighted by molar-refractivity contribution is 6.06. The number of hydrogen-bond donors (Lipinski definition) is 2. The van der Waals surface area contributed by atoms with Crippen LogP contribution in [0.4, 0.5) is 5.69 Å². The fraction of sp³-hybridized carbons (Fsp3) is 0.382. The number of imidazole rings is 1. The number of hydrogen-bond acceptors (Lipinski definition) is 6. The predicted molar refractivity (Wildman–Crippen MR) is 169 cm³/mol. The van der Waals surface area contributed by atoms with Crippen LogP contribution in [0, 0.1) is 0 Å². The number of carbonyl (C=O) groups excluding carboxylic acids is 1. The van der Waals surface area contributed by atoms with E-state index in [1.54, 1.807) is 0 Å². The lowest BCUT2D eigenvalue weighted by Crippen LogP contribution is -2.37. The summed E-state index contributed by atoms with van der Waals surface area (Å²) in [7, 11) is 4.15. The molecule has 42 heavy (non-hydrogen) atoms. The molecule has 0 atom stereocenters. The topological polar surface area (TPSA) is 85.9 Å². The van der Waals surface area contributed by atoms with Crippen molar-refractivity contribution in [1.82, 2.24) is 25.1 Å². The third-order valence-corrected chi connectivity index (χ3v) is 8.08. The molecule has 3 aromatic carbocycles. The van der Waals surface area contributed by atoms with Crippen LogP contribution in [0.5, 0.6) is 5.75 Å². The molecule has 0 saturated carbocycles. The summed E-state index contributed by atoms with van der Waals surface area (Å²) in [6.45, 7) is 5.56. The zero-order chi connectivity index (χ0) is 28.9. The van der Waals surface area contributed by atoms with Crippen LogP contribution >= 0.6 is 0 Å². The molecular formula is C34H40N6O2. The van der Waals surface area contributed by atoms with Crippen LogP contribution in [0.2, 0.25) is 0 Å². The number of aromatic amines is 1. The van der Waals surface area contributed by atoms with Crippen LogP contribution in [0.15, 0.2) is 65.7 Å². The van der Waals surface area contributed by atoms with Gasteiger partial charge in [-0.2, -0.15) is 0 Å². The molecule has 3 heterocycles. The first-order valence-corrected chi connectivity index (χ1v) is 15.1. The standard InChI is InChI=1S/C34H40N6O2/c1-39(2)16-6-20-42-28-12-14-29-27(21-28)23-31(36-29)24-7-9-25(10-8-24)33-37-30-13-11-26(22-32(30)38-33)34(41)35-15-19-40-17-4-3-5-18-40/h7-14,21-22H,3-6,15-20,23H2,1-2H3,(H,35,41)(H,37,38). The number of amides is 1. The van der Waals surface area contributed by atoms with E-state index in [1.165, 1.54) is 24.8 Å². The molecule has 4 aromatic rings. The van der Waals surface area contributed by atoms with Crippen LogP contribution in [0.1, 0.15) is 47.2 Å². The lowest BCUT2D eigenvalue weighted by atomic mass is 10.0. The maximum absolute atomic E-state index is 12.8. The van der Waals surface area contributed by atoms with Crippen LogP contribution in [0.25, 0.3) is 22.4 Å². The van der Waals surface area contributed by atoms with E-state index in [0.29, 0.717) is 18.7 Å². The molecule has 8 nitrogen and oxygen atoms in total. The number of piperidine rings is 1. The molecule has 1 aromatic heterocycles. The van der Waals surface area contributed by atoms with Crippen molar-refractivity contribution in [3.63, 3.8) is 0 Å². The summed E-state index contributed by atoms with van der Waals surface area (Å²) in [5, 5.41) is 3.07. The van der Waals surface area contributed by atoms with Crippen LogP contribution in [-0.2, 0) is 6.42 Å².